The summed E-state index contributed by atoms with van der Waals surface area (Å²) >= 11 is 0. The molecule has 0 aromatic heterocycles. The van der Waals surface area contributed by atoms with Crippen molar-refractivity contribution in [2.45, 2.75) is 6.92 Å². The summed E-state index contributed by atoms with van der Waals surface area (Å²) in [5.41, 5.74) is 0.673. The maximum atomic E-state index is 11.5. The average molecular weight is 293 g/mol. The highest BCUT2D eigenvalue weighted by atomic mass is 16.5. The summed E-state index contributed by atoms with van der Waals surface area (Å²) in [4.78, 5) is 22.7. The van der Waals surface area contributed by atoms with Crippen molar-refractivity contribution in [3.63, 3.8) is 0 Å². The van der Waals surface area contributed by atoms with Crippen LogP contribution < -0.4 is 14.8 Å². The van der Waals surface area contributed by atoms with E-state index in [1.54, 1.807) is 38.3 Å². The van der Waals surface area contributed by atoms with Crippen LogP contribution in [0.25, 0.3) is 6.08 Å². The normalized spacial score (nSPS) is 10.2. The molecule has 0 aliphatic rings. The van der Waals surface area contributed by atoms with Crippen LogP contribution in [0.4, 0.5) is 0 Å². The molecule has 0 saturated heterocycles. The fourth-order valence-corrected chi connectivity index (χ4v) is 1.56. The van der Waals surface area contributed by atoms with E-state index in [1.807, 2.05) is 0 Å². The zero-order valence-electron chi connectivity index (χ0n) is 12.3. The maximum absolute atomic E-state index is 11.5. The fraction of sp³-hybridized carbons (Fsp3) is 0.333. The molecule has 0 aliphatic heterocycles. The lowest BCUT2D eigenvalue weighted by molar-refractivity contribution is -0.143. The molecule has 0 heterocycles. The second-order valence-corrected chi connectivity index (χ2v) is 4.00. The van der Waals surface area contributed by atoms with E-state index in [0.29, 0.717) is 23.6 Å². The molecule has 0 unspecified atom stereocenters. The molecule has 0 fully saturated rings. The van der Waals surface area contributed by atoms with Gasteiger partial charge in [-0.3, -0.25) is 4.79 Å². The van der Waals surface area contributed by atoms with Crippen LogP contribution in [0.3, 0.4) is 0 Å². The van der Waals surface area contributed by atoms with Gasteiger partial charge in [0.2, 0.25) is 0 Å². The van der Waals surface area contributed by atoms with Crippen molar-refractivity contribution in [3.8, 4) is 11.5 Å². The number of hydrogen-bond acceptors (Lipinski definition) is 5. The van der Waals surface area contributed by atoms with Crippen molar-refractivity contribution in [1.82, 2.24) is 5.32 Å². The van der Waals surface area contributed by atoms with Gasteiger partial charge in [-0.25, -0.2) is 4.79 Å². The number of ether oxygens (including phenoxy) is 3. The molecule has 0 saturated carbocycles. The molecule has 1 amide bonds. The van der Waals surface area contributed by atoms with Crippen LogP contribution in [0, 0.1) is 0 Å². The number of nitrogens with one attached hydrogen (secondary N) is 1. The molecular weight excluding hydrogens is 274 g/mol. The van der Waals surface area contributed by atoms with E-state index < -0.39 is 5.97 Å². The van der Waals surface area contributed by atoms with Gasteiger partial charge in [0, 0.05) is 18.2 Å². The van der Waals surface area contributed by atoms with Crippen LogP contribution in [-0.4, -0.2) is 39.2 Å². The Balaban J connectivity index is 2.66. The maximum Gasteiger partial charge on any atom is 0.331 e. The minimum Gasteiger partial charge on any atom is -0.497 e. The molecule has 114 valence electrons. The van der Waals surface area contributed by atoms with Gasteiger partial charge in [-0.15, -0.1) is 0 Å². The van der Waals surface area contributed by atoms with Crippen LogP contribution >= 0.6 is 0 Å². The molecule has 6 heteroatoms. The summed E-state index contributed by atoms with van der Waals surface area (Å²) < 4.78 is 15.1. The second kappa shape index (κ2) is 8.63. The quantitative estimate of drug-likeness (QED) is 0.607. The van der Waals surface area contributed by atoms with E-state index in [-0.39, 0.29) is 12.5 Å². The topological polar surface area (TPSA) is 73.9 Å². The number of methoxy groups -OCH3 is 2. The smallest absolute Gasteiger partial charge is 0.331 e. The molecule has 0 spiro atoms. The first-order valence-corrected chi connectivity index (χ1v) is 6.44. The Morgan fingerprint density at radius 2 is 2.00 bits per heavy atom. The van der Waals surface area contributed by atoms with E-state index in [2.05, 4.69) is 5.32 Å². The molecule has 0 atom stereocenters. The van der Waals surface area contributed by atoms with Gasteiger partial charge in [-0.05, 0) is 31.2 Å². The third kappa shape index (κ3) is 5.56. The Morgan fingerprint density at radius 3 is 2.62 bits per heavy atom. The van der Waals surface area contributed by atoms with Crippen molar-refractivity contribution in [2.24, 2.45) is 0 Å². The Morgan fingerprint density at radius 1 is 1.24 bits per heavy atom. The molecule has 1 N–H and O–H groups in total. The Kier molecular flexibility index (Phi) is 6.80. The third-order valence-electron chi connectivity index (χ3n) is 2.56. The average Bonchev–Trinajstić information content (AvgIpc) is 2.50. The van der Waals surface area contributed by atoms with Gasteiger partial charge in [0.25, 0.3) is 5.91 Å². The summed E-state index contributed by atoms with van der Waals surface area (Å²) in [5, 5.41) is 2.53. The van der Waals surface area contributed by atoms with Crippen LogP contribution in [0.1, 0.15) is 12.5 Å². The Bertz CT molecular complexity index is 525. The molecule has 0 aliphatic carbocycles. The van der Waals surface area contributed by atoms with E-state index in [9.17, 15) is 9.59 Å². The zero-order chi connectivity index (χ0) is 15.7. The van der Waals surface area contributed by atoms with Crippen LogP contribution in [0.15, 0.2) is 24.3 Å². The van der Waals surface area contributed by atoms with E-state index >= 15 is 0 Å². The summed E-state index contributed by atoms with van der Waals surface area (Å²) in [5.74, 6) is 0.305. The van der Waals surface area contributed by atoms with Crippen molar-refractivity contribution >= 4 is 18.0 Å². The summed E-state index contributed by atoms with van der Waals surface area (Å²) in [6.07, 6.45) is 2.78. The number of rotatable bonds is 7. The highest BCUT2D eigenvalue weighted by Crippen LogP contribution is 2.24. The van der Waals surface area contributed by atoms with Crippen molar-refractivity contribution < 1.29 is 23.8 Å². The SMILES string of the molecule is CCNC(=O)COC(=O)/C=C/c1cc(OC)ccc1OC. The first-order valence-electron chi connectivity index (χ1n) is 6.44. The first kappa shape index (κ1) is 16.6. The molecule has 0 radical (unpaired) electrons. The first-order chi connectivity index (χ1) is 10.1. The molecule has 21 heavy (non-hydrogen) atoms. The van der Waals surface area contributed by atoms with Gasteiger partial charge < -0.3 is 19.5 Å². The minimum atomic E-state index is -0.605. The van der Waals surface area contributed by atoms with Gasteiger partial charge in [0.1, 0.15) is 11.5 Å². The number of amides is 1. The van der Waals surface area contributed by atoms with Gasteiger partial charge in [0.05, 0.1) is 14.2 Å². The van der Waals surface area contributed by atoms with Crippen molar-refractivity contribution in [3.05, 3.63) is 29.8 Å². The monoisotopic (exact) mass is 293 g/mol. The lowest BCUT2D eigenvalue weighted by Crippen LogP contribution is -2.28. The van der Waals surface area contributed by atoms with E-state index in [0.717, 1.165) is 0 Å². The molecule has 1 aromatic carbocycles. The van der Waals surface area contributed by atoms with Gasteiger partial charge in [0.15, 0.2) is 6.61 Å². The standard InChI is InChI=1S/C15H19NO5/c1-4-16-14(17)10-21-15(18)8-5-11-9-12(19-2)6-7-13(11)20-3/h5-9H,4,10H2,1-3H3,(H,16,17)/b8-5+. The molecule has 0 bridgehead atoms. The molecular formula is C15H19NO5. The lowest BCUT2D eigenvalue weighted by Gasteiger charge is -2.07. The fourth-order valence-electron chi connectivity index (χ4n) is 1.56. The summed E-state index contributed by atoms with van der Waals surface area (Å²) in [6.45, 7) is 1.98. The van der Waals surface area contributed by atoms with Crippen LogP contribution in [0.5, 0.6) is 11.5 Å². The van der Waals surface area contributed by atoms with Gasteiger partial charge in [-0.2, -0.15) is 0 Å². The van der Waals surface area contributed by atoms with E-state index in [4.69, 9.17) is 14.2 Å². The minimum absolute atomic E-state index is 0.299. The predicted molar refractivity (Wildman–Crippen MR) is 78.2 cm³/mol. The number of carbonyl (C=O) groups is 2. The van der Waals surface area contributed by atoms with Crippen molar-refractivity contribution in [2.75, 3.05) is 27.4 Å². The van der Waals surface area contributed by atoms with Gasteiger partial charge in [-0.1, -0.05) is 0 Å². The lowest BCUT2D eigenvalue weighted by atomic mass is 10.1. The zero-order valence-corrected chi connectivity index (χ0v) is 12.3. The number of esters is 1. The van der Waals surface area contributed by atoms with Gasteiger partial charge >= 0.3 is 5.97 Å². The Hall–Kier alpha value is -2.50. The number of carbonyl (C=O) groups excluding carboxylic acids is 2. The highest BCUT2D eigenvalue weighted by molar-refractivity contribution is 5.89. The molecule has 1 rings (SSSR count). The third-order valence-corrected chi connectivity index (χ3v) is 2.56. The largest absolute Gasteiger partial charge is 0.497 e. The number of likely N-dealkylation sites (N-methyl/N-ethyl adjacent to an activating group) is 1. The van der Waals surface area contributed by atoms with Crippen LogP contribution in [0.2, 0.25) is 0 Å². The Labute approximate surface area is 123 Å². The number of hydrogen-bond donors (Lipinski definition) is 1. The summed E-state index contributed by atoms with van der Waals surface area (Å²) in [6, 6.07) is 5.22. The summed E-state index contributed by atoms with van der Waals surface area (Å²) in [7, 11) is 3.09. The molecule has 1 aromatic rings. The predicted octanol–water partition coefficient (Wildman–Crippen LogP) is 1.40. The molecule has 6 nitrogen and oxygen atoms in total. The van der Waals surface area contributed by atoms with E-state index in [1.165, 1.54) is 13.2 Å². The van der Waals surface area contributed by atoms with Crippen molar-refractivity contribution in [1.29, 1.82) is 0 Å². The second-order valence-electron chi connectivity index (χ2n) is 4.00. The highest BCUT2D eigenvalue weighted by Gasteiger charge is 2.05. The van der Waals surface area contributed by atoms with Crippen LogP contribution in [-0.2, 0) is 14.3 Å². The number of benzene rings is 1.